The first-order valence-corrected chi connectivity index (χ1v) is 19.0. The monoisotopic (exact) mass is 620 g/mol. The number of hydrogen-bond donors (Lipinski definition) is 1. The van der Waals surface area contributed by atoms with Crippen LogP contribution in [-0.2, 0) is 38.5 Å². The highest BCUT2D eigenvalue weighted by Crippen LogP contribution is 2.61. The number of rotatable bonds is 6. The summed E-state index contributed by atoms with van der Waals surface area (Å²) in [5.74, 6) is 2.23. The average Bonchev–Trinajstić information content (AvgIpc) is 3.79. The molecule has 0 saturated heterocycles. The maximum Gasteiger partial charge on any atom is 0.339 e. The largest absolute Gasteiger partial charge is 0.378 e. The quantitative estimate of drug-likeness (QED) is 0.223. The molecule has 0 heterocycles. The summed E-state index contributed by atoms with van der Waals surface area (Å²) in [6.45, 7) is 1.68. The van der Waals surface area contributed by atoms with Gasteiger partial charge in [0, 0.05) is 5.56 Å². The Labute approximate surface area is 255 Å². The van der Waals surface area contributed by atoms with Crippen molar-refractivity contribution in [2.24, 2.45) is 17.8 Å². The van der Waals surface area contributed by atoms with E-state index in [0.29, 0.717) is 52.2 Å². The van der Waals surface area contributed by atoms with E-state index in [1.54, 1.807) is 6.92 Å². The highest BCUT2D eigenvalue weighted by atomic mass is 32.2. The van der Waals surface area contributed by atoms with Crippen LogP contribution in [0.5, 0.6) is 5.75 Å². The fourth-order valence-electron chi connectivity index (χ4n) is 10.1. The van der Waals surface area contributed by atoms with Crippen LogP contribution in [0.2, 0.25) is 0 Å². The van der Waals surface area contributed by atoms with Gasteiger partial charge in [0.2, 0.25) is 0 Å². The van der Waals surface area contributed by atoms with Crippen molar-refractivity contribution in [2.75, 3.05) is 0 Å². The molecule has 4 bridgehead atoms. The van der Waals surface area contributed by atoms with Crippen molar-refractivity contribution in [1.29, 1.82) is 0 Å². The Morgan fingerprint density at radius 1 is 0.884 bits per heavy atom. The van der Waals surface area contributed by atoms with Crippen LogP contribution in [0.25, 0.3) is 10.8 Å². The zero-order chi connectivity index (χ0) is 29.7. The molecule has 6 nitrogen and oxygen atoms in total. The minimum Gasteiger partial charge on any atom is -0.378 e. The smallest absolute Gasteiger partial charge is 0.339 e. The Hall–Kier alpha value is -2.42. The van der Waals surface area contributed by atoms with Crippen molar-refractivity contribution in [2.45, 2.75) is 112 Å². The molecule has 3 aromatic rings. The Morgan fingerprint density at radius 2 is 1.63 bits per heavy atom. The second-order valence-electron chi connectivity index (χ2n) is 14.3. The van der Waals surface area contributed by atoms with Gasteiger partial charge in [0.15, 0.2) is 0 Å². The number of aryl methyl sites for hydroxylation is 1. The second kappa shape index (κ2) is 9.79. The summed E-state index contributed by atoms with van der Waals surface area (Å²) >= 11 is 0. The molecule has 3 unspecified atom stereocenters. The molecule has 5 aliphatic rings. The molecule has 0 amide bonds. The van der Waals surface area contributed by atoms with Crippen LogP contribution in [0.4, 0.5) is 0 Å². The number of hydrogen-bond acceptors (Lipinski definition) is 5. The van der Waals surface area contributed by atoms with E-state index in [4.69, 9.17) is 4.18 Å². The summed E-state index contributed by atoms with van der Waals surface area (Å²) in [6.07, 6.45) is 12.4. The normalized spacial score (nSPS) is 29.8. The molecule has 0 aliphatic heterocycles. The average molecular weight is 621 g/mol. The highest BCUT2D eigenvalue weighted by Gasteiger charge is 2.51. The van der Waals surface area contributed by atoms with Crippen molar-refractivity contribution in [1.82, 2.24) is 0 Å². The van der Waals surface area contributed by atoms with Gasteiger partial charge in [-0.05, 0) is 158 Å². The molecule has 5 aliphatic carbocycles. The van der Waals surface area contributed by atoms with Crippen molar-refractivity contribution in [3.8, 4) is 5.75 Å². The van der Waals surface area contributed by atoms with Gasteiger partial charge in [-0.25, -0.2) is 0 Å². The van der Waals surface area contributed by atoms with Crippen molar-refractivity contribution >= 4 is 31.0 Å². The van der Waals surface area contributed by atoms with E-state index >= 15 is 8.42 Å². The standard InChI is InChI=1S/C35H40O6S2/c1-21-16-31(42(36,37)38)27-8-4-5-9-28(27)33(21)41-43(39,40)34-30(29-18-23-10-11-25(29)17-23)19-24-6-2-3-7-26(24)32(34)35-14-12-22(20-35)13-15-35/h2-3,6-7,16,19,22-23,25,29H,4-5,8-15,17-18,20H2,1H3,(H,36,37,38). The first kappa shape index (κ1) is 28.1. The van der Waals surface area contributed by atoms with Crippen molar-refractivity contribution < 1.29 is 25.6 Å². The first-order valence-electron chi connectivity index (χ1n) is 16.2. The SMILES string of the molecule is Cc1cc(S(=O)(=O)O)c2c(c1OS(=O)(=O)c1c(C3CC4CCC3C4)cc3ccccc3c1C13CCC(CC1)C3)CCCC2. The lowest BCUT2D eigenvalue weighted by atomic mass is 9.73. The maximum absolute atomic E-state index is 15.0. The molecule has 4 fully saturated rings. The lowest BCUT2D eigenvalue weighted by molar-refractivity contribution is 0.396. The van der Waals surface area contributed by atoms with Gasteiger partial charge in [0.1, 0.15) is 10.6 Å². The van der Waals surface area contributed by atoms with Crippen LogP contribution in [-0.4, -0.2) is 21.4 Å². The summed E-state index contributed by atoms with van der Waals surface area (Å²) in [5, 5.41) is 2.14. The summed E-state index contributed by atoms with van der Waals surface area (Å²) in [5.41, 5.74) is 3.25. The van der Waals surface area contributed by atoms with Gasteiger partial charge in [-0.15, -0.1) is 0 Å². The van der Waals surface area contributed by atoms with E-state index < -0.39 is 20.2 Å². The van der Waals surface area contributed by atoms with Gasteiger partial charge in [0.25, 0.3) is 10.1 Å². The number of benzene rings is 3. The predicted octanol–water partition coefficient (Wildman–Crippen LogP) is 7.78. The zero-order valence-corrected chi connectivity index (χ0v) is 26.4. The molecule has 4 saturated carbocycles. The Bertz CT molecular complexity index is 1870. The van der Waals surface area contributed by atoms with Crippen LogP contribution >= 0.6 is 0 Å². The molecule has 3 aromatic carbocycles. The Balaban J connectivity index is 1.37. The van der Waals surface area contributed by atoms with E-state index in [9.17, 15) is 13.0 Å². The van der Waals surface area contributed by atoms with Crippen molar-refractivity contribution in [3.05, 3.63) is 64.2 Å². The van der Waals surface area contributed by atoms with Crippen LogP contribution in [0.15, 0.2) is 46.2 Å². The van der Waals surface area contributed by atoms with E-state index in [2.05, 4.69) is 24.3 Å². The minimum absolute atomic E-state index is 0.125. The van der Waals surface area contributed by atoms with Gasteiger partial charge in [0.05, 0.1) is 4.90 Å². The topological polar surface area (TPSA) is 97.7 Å². The third-order valence-corrected chi connectivity index (χ3v) is 14.2. The molecule has 0 spiro atoms. The predicted molar refractivity (Wildman–Crippen MR) is 166 cm³/mol. The second-order valence-corrected chi connectivity index (χ2v) is 17.2. The third-order valence-electron chi connectivity index (χ3n) is 11.9. The van der Waals surface area contributed by atoms with Crippen molar-refractivity contribution in [3.63, 3.8) is 0 Å². The Kier molecular flexibility index (Phi) is 6.39. The van der Waals surface area contributed by atoms with E-state index in [0.717, 1.165) is 79.7 Å². The van der Waals surface area contributed by atoms with Gasteiger partial charge in [-0.3, -0.25) is 4.55 Å². The first-order chi connectivity index (χ1) is 20.5. The van der Waals surface area contributed by atoms with Gasteiger partial charge in [-0.2, -0.15) is 16.8 Å². The lowest BCUT2D eigenvalue weighted by Gasteiger charge is -2.34. The Morgan fingerprint density at radius 3 is 2.28 bits per heavy atom. The van der Waals surface area contributed by atoms with E-state index in [1.165, 1.54) is 18.9 Å². The molecular formula is C35H40O6S2. The summed E-state index contributed by atoms with van der Waals surface area (Å²) < 4.78 is 71.0. The van der Waals surface area contributed by atoms with E-state index in [-0.39, 0.29) is 22.0 Å². The van der Waals surface area contributed by atoms with Crippen LogP contribution < -0.4 is 4.18 Å². The summed E-state index contributed by atoms with van der Waals surface area (Å²) in [6, 6.07) is 11.9. The van der Waals surface area contributed by atoms with Gasteiger partial charge >= 0.3 is 10.1 Å². The number of fused-ring (bicyclic) bond motifs is 6. The maximum atomic E-state index is 15.0. The molecule has 3 atom stereocenters. The molecule has 1 N–H and O–H groups in total. The molecule has 8 rings (SSSR count). The van der Waals surface area contributed by atoms with Crippen LogP contribution in [0.1, 0.15) is 104 Å². The molecular weight excluding hydrogens is 581 g/mol. The van der Waals surface area contributed by atoms with Crippen LogP contribution in [0, 0.1) is 24.7 Å². The third kappa shape index (κ3) is 4.41. The van der Waals surface area contributed by atoms with E-state index in [1.807, 2.05) is 6.07 Å². The zero-order valence-electron chi connectivity index (χ0n) is 24.8. The minimum atomic E-state index is -4.46. The molecule has 43 heavy (non-hydrogen) atoms. The molecule has 0 radical (unpaired) electrons. The van der Waals surface area contributed by atoms with Gasteiger partial charge < -0.3 is 4.18 Å². The molecule has 0 aromatic heterocycles. The molecule has 8 heteroatoms. The van der Waals surface area contributed by atoms with Crippen LogP contribution in [0.3, 0.4) is 0 Å². The summed E-state index contributed by atoms with van der Waals surface area (Å²) in [4.78, 5) is 0.273. The highest BCUT2D eigenvalue weighted by molar-refractivity contribution is 7.87. The molecule has 228 valence electrons. The lowest BCUT2D eigenvalue weighted by Crippen LogP contribution is -2.28. The van der Waals surface area contributed by atoms with Gasteiger partial charge in [-0.1, -0.05) is 30.7 Å². The fraction of sp³-hybridized carbons (Fsp3) is 0.543. The summed E-state index contributed by atoms with van der Waals surface area (Å²) in [7, 11) is -8.76. The fourth-order valence-corrected chi connectivity index (χ4v) is 12.6.